The van der Waals surface area contributed by atoms with E-state index in [0.717, 1.165) is 11.3 Å². The Morgan fingerprint density at radius 2 is 1.86 bits per heavy atom. The average Bonchev–Trinajstić information content (AvgIpc) is 2.70. The first-order valence-corrected chi connectivity index (χ1v) is 8.99. The summed E-state index contributed by atoms with van der Waals surface area (Å²) >= 11 is 0. The molecule has 2 heterocycles. The number of fused-ring (bicyclic) bond motifs is 1. The topological polar surface area (TPSA) is 106 Å². The van der Waals surface area contributed by atoms with Crippen LogP contribution < -0.4 is 10.6 Å². The number of pyridine rings is 1. The maximum absolute atomic E-state index is 12.0. The molecule has 2 N–H and O–H groups in total. The zero-order valence-corrected chi connectivity index (χ0v) is 15.5. The fourth-order valence-electron chi connectivity index (χ4n) is 2.52. The van der Waals surface area contributed by atoms with Crippen LogP contribution in [0.1, 0.15) is 19.8 Å². The molecule has 0 aliphatic rings. The van der Waals surface area contributed by atoms with Gasteiger partial charge in [-0.1, -0.05) is 30.3 Å². The van der Waals surface area contributed by atoms with E-state index in [1.54, 1.807) is 18.3 Å². The summed E-state index contributed by atoms with van der Waals surface area (Å²) in [6.45, 7) is 2.20. The minimum absolute atomic E-state index is 0.299. The molecular formula is C20H21N5O3. The fraction of sp³-hybridized carbons (Fsp3) is 0.250. The standard InChI is InChI=1S/C20H21N5O3/c1-14(26)28-12-6-5-11-21-20(27)25-18-10-9-16-19(24-18)23-17(13-22-16)15-7-3-2-4-8-15/h2-4,7-10,13H,5-6,11-12H2,1H3,(H2,21,23,24,25,27). The second-order valence-corrected chi connectivity index (χ2v) is 6.09. The minimum Gasteiger partial charge on any atom is -0.466 e. The lowest BCUT2D eigenvalue weighted by Crippen LogP contribution is -2.30. The van der Waals surface area contributed by atoms with E-state index in [9.17, 15) is 9.59 Å². The Balaban J connectivity index is 1.57. The number of benzene rings is 1. The number of unbranched alkanes of at least 4 members (excludes halogenated alkanes) is 1. The van der Waals surface area contributed by atoms with Crippen LogP contribution in [0.4, 0.5) is 10.6 Å². The third-order valence-corrected chi connectivity index (χ3v) is 3.88. The summed E-state index contributed by atoms with van der Waals surface area (Å²) in [5.74, 6) is 0.0935. The summed E-state index contributed by atoms with van der Waals surface area (Å²) < 4.78 is 4.84. The summed E-state index contributed by atoms with van der Waals surface area (Å²) in [5, 5.41) is 5.43. The van der Waals surface area contributed by atoms with E-state index in [4.69, 9.17) is 4.74 Å². The molecule has 2 amide bonds. The lowest BCUT2D eigenvalue weighted by atomic mass is 10.2. The summed E-state index contributed by atoms with van der Waals surface area (Å²) in [4.78, 5) is 35.9. The van der Waals surface area contributed by atoms with Crippen LogP contribution in [0.25, 0.3) is 22.4 Å². The number of esters is 1. The number of rotatable bonds is 7. The molecule has 0 fully saturated rings. The van der Waals surface area contributed by atoms with Crippen molar-refractivity contribution in [3.63, 3.8) is 0 Å². The van der Waals surface area contributed by atoms with Crippen LogP contribution in [0.5, 0.6) is 0 Å². The van der Waals surface area contributed by atoms with Crippen molar-refractivity contribution in [3.05, 3.63) is 48.7 Å². The van der Waals surface area contributed by atoms with Gasteiger partial charge >= 0.3 is 12.0 Å². The number of urea groups is 1. The zero-order valence-electron chi connectivity index (χ0n) is 15.5. The van der Waals surface area contributed by atoms with Crippen LogP contribution in [0.2, 0.25) is 0 Å². The monoisotopic (exact) mass is 379 g/mol. The molecule has 144 valence electrons. The summed E-state index contributed by atoms with van der Waals surface area (Å²) in [6, 6.07) is 12.8. The van der Waals surface area contributed by atoms with Gasteiger partial charge in [0.25, 0.3) is 0 Å². The van der Waals surface area contributed by atoms with Crippen molar-refractivity contribution in [3.8, 4) is 11.3 Å². The first kappa shape index (κ1) is 19.2. The number of nitrogens with one attached hydrogen (secondary N) is 2. The number of ether oxygens (including phenoxy) is 1. The molecule has 28 heavy (non-hydrogen) atoms. The first-order chi connectivity index (χ1) is 13.6. The van der Waals surface area contributed by atoms with E-state index < -0.39 is 0 Å². The van der Waals surface area contributed by atoms with Crippen LogP contribution in [-0.4, -0.2) is 40.1 Å². The molecule has 0 atom stereocenters. The molecule has 0 aliphatic heterocycles. The lowest BCUT2D eigenvalue weighted by Gasteiger charge is -2.08. The molecule has 8 heteroatoms. The highest BCUT2D eigenvalue weighted by atomic mass is 16.5. The Hall–Kier alpha value is -3.55. The van der Waals surface area contributed by atoms with Crippen molar-refractivity contribution in [1.29, 1.82) is 0 Å². The lowest BCUT2D eigenvalue weighted by molar-refractivity contribution is -0.141. The quantitative estimate of drug-likeness (QED) is 0.482. The Labute approximate surface area is 162 Å². The van der Waals surface area contributed by atoms with Crippen molar-refractivity contribution < 1.29 is 14.3 Å². The predicted molar refractivity (Wildman–Crippen MR) is 106 cm³/mol. The minimum atomic E-state index is -0.355. The molecule has 3 rings (SSSR count). The van der Waals surface area contributed by atoms with Crippen LogP contribution >= 0.6 is 0 Å². The Bertz CT molecular complexity index is 962. The third-order valence-electron chi connectivity index (χ3n) is 3.88. The van der Waals surface area contributed by atoms with Crippen molar-refractivity contribution in [2.75, 3.05) is 18.5 Å². The number of hydrogen-bond acceptors (Lipinski definition) is 6. The molecule has 0 radical (unpaired) electrons. The molecule has 0 spiro atoms. The Morgan fingerprint density at radius 1 is 1.04 bits per heavy atom. The van der Waals surface area contributed by atoms with E-state index in [2.05, 4.69) is 25.6 Å². The van der Waals surface area contributed by atoms with Crippen molar-refractivity contribution in [2.45, 2.75) is 19.8 Å². The molecule has 0 saturated heterocycles. The summed E-state index contributed by atoms with van der Waals surface area (Å²) in [5.41, 5.74) is 2.77. The van der Waals surface area contributed by atoms with Gasteiger partial charge in [-0.2, -0.15) is 0 Å². The van der Waals surface area contributed by atoms with Gasteiger partial charge in [0, 0.05) is 19.0 Å². The van der Waals surface area contributed by atoms with E-state index >= 15 is 0 Å². The number of aromatic nitrogens is 3. The molecule has 0 unspecified atom stereocenters. The van der Waals surface area contributed by atoms with Gasteiger partial charge in [0.15, 0.2) is 5.65 Å². The second-order valence-electron chi connectivity index (χ2n) is 6.09. The van der Waals surface area contributed by atoms with Gasteiger partial charge < -0.3 is 10.1 Å². The Kier molecular flexibility index (Phi) is 6.46. The number of nitrogens with zero attached hydrogens (tertiary/aromatic N) is 3. The fourth-order valence-corrected chi connectivity index (χ4v) is 2.52. The summed E-state index contributed by atoms with van der Waals surface area (Å²) in [7, 11) is 0. The molecular weight excluding hydrogens is 358 g/mol. The molecule has 0 aliphatic carbocycles. The van der Waals surface area contributed by atoms with Crippen LogP contribution in [0.3, 0.4) is 0 Å². The number of amides is 2. The van der Waals surface area contributed by atoms with Gasteiger partial charge in [0.2, 0.25) is 0 Å². The van der Waals surface area contributed by atoms with Gasteiger partial charge in [0.1, 0.15) is 11.3 Å². The number of hydrogen-bond donors (Lipinski definition) is 2. The third kappa shape index (κ3) is 5.47. The number of anilines is 1. The van der Waals surface area contributed by atoms with E-state index in [-0.39, 0.29) is 12.0 Å². The molecule has 8 nitrogen and oxygen atoms in total. The van der Waals surface area contributed by atoms with E-state index in [1.807, 2.05) is 30.3 Å². The predicted octanol–water partition coefficient (Wildman–Crippen LogP) is 3.16. The van der Waals surface area contributed by atoms with Gasteiger partial charge in [-0.15, -0.1) is 0 Å². The highest BCUT2D eigenvalue weighted by Crippen LogP contribution is 2.18. The zero-order chi connectivity index (χ0) is 19.8. The number of carbonyl (C=O) groups excluding carboxylic acids is 2. The average molecular weight is 379 g/mol. The Morgan fingerprint density at radius 3 is 2.64 bits per heavy atom. The van der Waals surface area contributed by atoms with Crippen molar-refractivity contribution >= 4 is 29.0 Å². The molecule has 1 aromatic carbocycles. The van der Waals surface area contributed by atoms with Crippen molar-refractivity contribution in [2.24, 2.45) is 0 Å². The maximum atomic E-state index is 12.0. The molecule has 0 bridgehead atoms. The van der Waals surface area contributed by atoms with Gasteiger partial charge in [0.05, 0.1) is 18.5 Å². The van der Waals surface area contributed by atoms with Crippen LogP contribution in [0, 0.1) is 0 Å². The van der Waals surface area contributed by atoms with Gasteiger partial charge in [-0.05, 0) is 25.0 Å². The smallest absolute Gasteiger partial charge is 0.320 e. The molecule has 3 aromatic rings. The number of carbonyl (C=O) groups is 2. The largest absolute Gasteiger partial charge is 0.466 e. The second kappa shape index (κ2) is 9.40. The first-order valence-electron chi connectivity index (χ1n) is 8.99. The SMILES string of the molecule is CC(=O)OCCCCNC(=O)Nc1ccc2ncc(-c3ccccc3)nc2n1. The summed E-state index contributed by atoms with van der Waals surface area (Å²) in [6.07, 6.45) is 3.10. The normalized spacial score (nSPS) is 10.5. The van der Waals surface area contributed by atoms with E-state index in [0.29, 0.717) is 43.0 Å². The van der Waals surface area contributed by atoms with Gasteiger partial charge in [-0.25, -0.2) is 14.8 Å². The van der Waals surface area contributed by atoms with Crippen LogP contribution in [0.15, 0.2) is 48.7 Å². The highest BCUT2D eigenvalue weighted by Gasteiger charge is 2.07. The van der Waals surface area contributed by atoms with Crippen LogP contribution in [-0.2, 0) is 9.53 Å². The molecule has 2 aromatic heterocycles. The van der Waals surface area contributed by atoms with Crippen molar-refractivity contribution in [1.82, 2.24) is 20.3 Å². The van der Waals surface area contributed by atoms with E-state index in [1.165, 1.54) is 6.92 Å². The maximum Gasteiger partial charge on any atom is 0.320 e. The van der Waals surface area contributed by atoms with Gasteiger partial charge in [-0.3, -0.25) is 15.1 Å². The molecule has 0 saturated carbocycles. The highest BCUT2D eigenvalue weighted by molar-refractivity contribution is 5.89.